The summed E-state index contributed by atoms with van der Waals surface area (Å²) in [5.41, 5.74) is 5.94. The molecule has 0 radical (unpaired) electrons. The largest absolute Gasteiger partial charge is 0.340 e. The van der Waals surface area contributed by atoms with E-state index in [1.807, 2.05) is 0 Å². The van der Waals surface area contributed by atoms with Crippen LogP contribution in [0.25, 0.3) is 0 Å². The first-order valence-electron chi connectivity index (χ1n) is 8.35. The molecular weight excluding hydrogens is 360 g/mol. The third-order valence-electron chi connectivity index (χ3n) is 4.73. The average molecular weight is 384 g/mol. The van der Waals surface area contributed by atoms with Gasteiger partial charge in [0.1, 0.15) is 0 Å². The highest BCUT2D eigenvalue weighted by atomic mass is 32.2. The molecule has 2 N–H and O–H groups in total. The topological polar surface area (TPSA) is 127 Å². The van der Waals surface area contributed by atoms with Crippen LogP contribution in [0.3, 0.4) is 0 Å². The Kier molecular flexibility index (Phi) is 5.99. The van der Waals surface area contributed by atoms with E-state index in [-0.39, 0.29) is 54.6 Å². The monoisotopic (exact) mass is 384 g/mol. The van der Waals surface area contributed by atoms with Crippen LogP contribution in [0.4, 0.5) is 5.69 Å². The smallest absolute Gasteiger partial charge is 0.270 e. The Morgan fingerprint density at radius 1 is 1.23 bits per heavy atom. The van der Waals surface area contributed by atoms with Crippen LogP contribution in [-0.2, 0) is 14.8 Å². The number of carbonyl (C=O) groups is 1. The molecule has 144 valence electrons. The number of nitro groups is 1. The van der Waals surface area contributed by atoms with Gasteiger partial charge in [0.25, 0.3) is 5.69 Å². The molecule has 2 unspecified atom stereocenters. The van der Waals surface area contributed by atoms with Gasteiger partial charge in [0, 0.05) is 44.4 Å². The number of nitrogens with zero attached hydrogens (tertiary/aromatic N) is 3. The number of hydrogen-bond acceptors (Lipinski definition) is 6. The van der Waals surface area contributed by atoms with Crippen molar-refractivity contribution in [3.05, 3.63) is 33.9 Å². The Morgan fingerprint density at radius 2 is 1.81 bits per heavy atom. The predicted molar refractivity (Wildman–Crippen MR) is 96.0 cm³/mol. The Balaban J connectivity index is 2.17. The second-order valence-corrected chi connectivity index (χ2v) is 8.49. The van der Waals surface area contributed by atoms with E-state index in [0.29, 0.717) is 5.56 Å². The van der Waals surface area contributed by atoms with Crippen LogP contribution in [-0.4, -0.2) is 60.7 Å². The molecular formula is C16H24N4O5S. The summed E-state index contributed by atoms with van der Waals surface area (Å²) in [4.78, 5) is 24.2. The zero-order valence-electron chi connectivity index (χ0n) is 15.1. The van der Waals surface area contributed by atoms with E-state index in [9.17, 15) is 23.3 Å². The van der Waals surface area contributed by atoms with Crippen molar-refractivity contribution in [2.75, 3.05) is 26.2 Å². The second kappa shape index (κ2) is 7.68. The zero-order valence-corrected chi connectivity index (χ0v) is 15.9. The summed E-state index contributed by atoms with van der Waals surface area (Å²) in [5.74, 6) is -0.430. The van der Waals surface area contributed by atoms with E-state index in [2.05, 4.69) is 0 Å². The maximum absolute atomic E-state index is 12.9. The average Bonchev–Trinajstić information content (AvgIpc) is 2.60. The van der Waals surface area contributed by atoms with Crippen molar-refractivity contribution in [1.29, 1.82) is 0 Å². The predicted octanol–water partition coefficient (Wildman–Crippen LogP) is 0.719. The number of carbonyl (C=O) groups excluding carboxylic acids is 1. The maximum Gasteiger partial charge on any atom is 0.270 e. The molecule has 0 bridgehead atoms. The molecule has 2 atom stereocenters. The molecule has 1 fully saturated rings. The van der Waals surface area contributed by atoms with Gasteiger partial charge in [0.15, 0.2) is 0 Å². The fourth-order valence-electron chi connectivity index (χ4n) is 2.78. The van der Waals surface area contributed by atoms with Crippen LogP contribution in [0.15, 0.2) is 23.1 Å². The number of amides is 1. The number of rotatable bonds is 5. The van der Waals surface area contributed by atoms with Crippen LogP contribution in [0.1, 0.15) is 19.4 Å². The van der Waals surface area contributed by atoms with Crippen LogP contribution in [0.5, 0.6) is 0 Å². The molecule has 10 heteroatoms. The lowest BCUT2D eigenvalue weighted by Gasteiger charge is -2.36. The molecule has 9 nitrogen and oxygen atoms in total. The quantitative estimate of drug-likeness (QED) is 0.589. The number of piperazine rings is 1. The molecule has 26 heavy (non-hydrogen) atoms. The van der Waals surface area contributed by atoms with Gasteiger partial charge in [-0.05, 0) is 19.4 Å². The number of aryl methyl sites for hydroxylation is 1. The van der Waals surface area contributed by atoms with Crippen LogP contribution < -0.4 is 5.73 Å². The molecule has 1 aromatic carbocycles. The van der Waals surface area contributed by atoms with Gasteiger partial charge in [0.2, 0.25) is 15.9 Å². The highest BCUT2D eigenvalue weighted by Crippen LogP contribution is 2.25. The normalized spacial score (nSPS) is 18.4. The molecule has 1 heterocycles. The summed E-state index contributed by atoms with van der Waals surface area (Å²) in [7, 11) is -3.87. The maximum atomic E-state index is 12.9. The Hall–Kier alpha value is -2.04. The fraction of sp³-hybridized carbons (Fsp3) is 0.562. The lowest BCUT2D eigenvalue weighted by molar-refractivity contribution is -0.385. The minimum atomic E-state index is -3.87. The van der Waals surface area contributed by atoms with E-state index >= 15 is 0 Å². The van der Waals surface area contributed by atoms with Crippen molar-refractivity contribution in [1.82, 2.24) is 9.21 Å². The molecule has 1 saturated heterocycles. The van der Waals surface area contributed by atoms with Crippen LogP contribution >= 0.6 is 0 Å². The van der Waals surface area contributed by atoms with Crippen molar-refractivity contribution < 1.29 is 18.1 Å². The summed E-state index contributed by atoms with van der Waals surface area (Å²) in [6, 6.07) is 3.51. The van der Waals surface area contributed by atoms with Gasteiger partial charge in [-0.3, -0.25) is 14.9 Å². The number of nitrogens with two attached hydrogens (primary N) is 1. The molecule has 1 aliphatic rings. The SMILES string of the molecule is Cc1ccc([N+](=O)[O-])cc1S(=O)(=O)N1CCN(C(=O)C(C)C(C)N)CC1. The first-order valence-corrected chi connectivity index (χ1v) is 9.79. The lowest BCUT2D eigenvalue weighted by atomic mass is 10.0. The third kappa shape index (κ3) is 4.02. The highest BCUT2D eigenvalue weighted by Gasteiger charge is 2.33. The molecule has 0 aromatic heterocycles. The first-order chi connectivity index (χ1) is 12.1. The molecule has 0 saturated carbocycles. The van der Waals surface area contributed by atoms with Crippen LogP contribution in [0, 0.1) is 23.0 Å². The summed E-state index contributed by atoms with van der Waals surface area (Å²) in [6.45, 7) is 5.92. The third-order valence-corrected chi connectivity index (χ3v) is 6.77. The van der Waals surface area contributed by atoms with Gasteiger partial charge >= 0.3 is 0 Å². The molecule has 0 aliphatic carbocycles. The van der Waals surface area contributed by atoms with Crippen molar-refractivity contribution in [2.24, 2.45) is 11.7 Å². The van der Waals surface area contributed by atoms with Gasteiger partial charge in [-0.1, -0.05) is 13.0 Å². The molecule has 2 rings (SSSR count). The highest BCUT2D eigenvalue weighted by molar-refractivity contribution is 7.89. The van der Waals surface area contributed by atoms with E-state index in [4.69, 9.17) is 5.73 Å². The van der Waals surface area contributed by atoms with Crippen molar-refractivity contribution in [3.8, 4) is 0 Å². The Bertz CT molecular complexity index is 801. The van der Waals surface area contributed by atoms with Gasteiger partial charge in [0.05, 0.1) is 15.7 Å². The van der Waals surface area contributed by atoms with Crippen LogP contribution in [0.2, 0.25) is 0 Å². The van der Waals surface area contributed by atoms with E-state index < -0.39 is 14.9 Å². The van der Waals surface area contributed by atoms with Crippen molar-refractivity contribution in [2.45, 2.75) is 31.7 Å². The number of hydrogen-bond donors (Lipinski definition) is 1. The lowest BCUT2D eigenvalue weighted by Crippen LogP contribution is -2.53. The summed E-state index contributed by atoms with van der Waals surface area (Å²) in [5, 5.41) is 10.9. The standard InChI is InChI=1S/C16H24N4O5S/c1-11-4-5-14(20(22)23)10-15(11)26(24,25)19-8-6-18(7-9-19)16(21)12(2)13(3)17/h4-5,10,12-13H,6-9,17H2,1-3H3. The minimum absolute atomic E-state index is 0.0737. The molecule has 1 aromatic rings. The van der Waals surface area contributed by atoms with E-state index in [1.54, 1.807) is 25.7 Å². The Labute approximate surface area is 153 Å². The Morgan fingerprint density at radius 3 is 2.31 bits per heavy atom. The minimum Gasteiger partial charge on any atom is -0.340 e. The fourth-order valence-corrected chi connectivity index (χ4v) is 4.45. The number of non-ortho nitro benzene ring substituents is 1. The first kappa shape index (κ1) is 20.3. The van der Waals surface area contributed by atoms with Crippen molar-refractivity contribution in [3.63, 3.8) is 0 Å². The van der Waals surface area contributed by atoms with Gasteiger partial charge < -0.3 is 10.6 Å². The summed E-state index contributed by atoms with van der Waals surface area (Å²) >= 11 is 0. The second-order valence-electron chi connectivity index (χ2n) is 6.58. The van der Waals surface area contributed by atoms with Crippen molar-refractivity contribution >= 4 is 21.6 Å². The number of benzene rings is 1. The van der Waals surface area contributed by atoms with Gasteiger partial charge in [-0.15, -0.1) is 0 Å². The number of nitro benzene ring substituents is 1. The number of sulfonamides is 1. The molecule has 1 aliphatic heterocycles. The summed E-state index contributed by atoms with van der Waals surface area (Å²) < 4.78 is 27.0. The van der Waals surface area contributed by atoms with Gasteiger partial charge in [-0.2, -0.15) is 4.31 Å². The zero-order chi connectivity index (χ0) is 19.6. The molecule has 1 amide bonds. The summed E-state index contributed by atoms with van der Waals surface area (Å²) in [6.07, 6.45) is 0. The molecule has 0 spiro atoms. The van der Waals surface area contributed by atoms with Gasteiger partial charge in [-0.25, -0.2) is 8.42 Å². The van der Waals surface area contributed by atoms with E-state index in [1.165, 1.54) is 16.4 Å². The van der Waals surface area contributed by atoms with E-state index in [0.717, 1.165) is 6.07 Å².